The SMILES string of the molecule is COC(=O)C(C)(C)NC(=O)[C@H](C)NC(=O)Cc1cc(F)cc(F)c1. The van der Waals surface area contributed by atoms with Crippen molar-refractivity contribution in [2.75, 3.05) is 7.11 Å². The Labute approximate surface area is 138 Å². The molecule has 0 spiro atoms. The largest absolute Gasteiger partial charge is 0.467 e. The van der Waals surface area contributed by atoms with E-state index in [9.17, 15) is 23.2 Å². The summed E-state index contributed by atoms with van der Waals surface area (Å²) in [5, 5.41) is 4.84. The van der Waals surface area contributed by atoms with Crippen LogP contribution in [0.25, 0.3) is 0 Å². The molecule has 24 heavy (non-hydrogen) atoms. The highest BCUT2D eigenvalue weighted by atomic mass is 19.1. The first kappa shape index (κ1) is 19.5. The molecule has 0 aliphatic rings. The third kappa shape index (κ3) is 5.60. The molecule has 1 rings (SSSR count). The van der Waals surface area contributed by atoms with Gasteiger partial charge < -0.3 is 15.4 Å². The minimum absolute atomic E-state index is 0.146. The van der Waals surface area contributed by atoms with E-state index in [4.69, 9.17) is 0 Å². The lowest BCUT2D eigenvalue weighted by molar-refractivity contribution is -0.149. The first-order chi connectivity index (χ1) is 11.0. The molecule has 1 aromatic rings. The highest BCUT2D eigenvalue weighted by Gasteiger charge is 2.32. The van der Waals surface area contributed by atoms with Gasteiger partial charge in [0.1, 0.15) is 23.2 Å². The van der Waals surface area contributed by atoms with Gasteiger partial charge in [-0.2, -0.15) is 0 Å². The number of methoxy groups -OCH3 is 1. The second-order valence-electron chi connectivity index (χ2n) is 5.85. The number of amides is 2. The maximum atomic E-state index is 13.1. The fraction of sp³-hybridized carbons (Fsp3) is 0.438. The molecule has 0 heterocycles. The van der Waals surface area contributed by atoms with Crippen molar-refractivity contribution in [2.24, 2.45) is 0 Å². The maximum Gasteiger partial charge on any atom is 0.330 e. The number of carbonyl (C=O) groups excluding carboxylic acids is 3. The Kier molecular flexibility index (Phi) is 6.39. The maximum absolute atomic E-state index is 13.1. The minimum atomic E-state index is -1.25. The van der Waals surface area contributed by atoms with Crippen molar-refractivity contribution >= 4 is 17.8 Å². The number of benzene rings is 1. The molecule has 0 unspecified atom stereocenters. The van der Waals surface area contributed by atoms with Crippen molar-refractivity contribution in [2.45, 2.75) is 38.8 Å². The Balaban J connectivity index is 2.63. The molecule has 132 valence electrons. The van der Waals surface area contributed by atoms with Crippen LogP contribution in [0.5, 0.6) is 0 Å². The van der Waals surface area contributed by atoms with Crippen LogP contribution in [0, 0.1) is 11.6 Å². The summed E-state index contributed by atoms with van der Waals surface area (Å²) in [6.07, 6.45) is -0.285. The predicted octanol–water partition coefficient (Wildman–Crippen LogP) is 1.08. The lowest BCUT2D eigenvalue weighted by atomic mass is 10.1. The Morgan fingerprint density at radius 2 is 1.71 bits per heavy atom. The van der Waals surface area contributed by atoms with E-state index in [1.807, 2.05) is 0 Å². The summed E-state index contributed by atoms with van der Waals surface area (Å²) in [6.45, 7) is 4.34. The average Bonchev–Trinajstić information content (AvgIpc) is 2.44. The predicted molar refractivity (Wildman–Crippen MR) is 81.9 cm³/mol. The molecule has 8 heteroatoms. The second kappa shape index (κ2) is 7.85. The summed E-state index contributed by atoms with van der Waals surface area (Å²) in [5.74, 6) is -3.39. The zero-order valence-corrected chi connectivity index (χ0v) is 13.9. The summed E-state index contributed by atoms with van der Waals surface area (Å²) >= 11 is 0. The molecule has 0 saturated carbocycles. The summed E-state index contributed by atoms with van der Waals surface area (Å²) < 4.78 is 30.7. The fourth-order valence-corrected chi connectivity index (χ4v) is 1.98. The van der Waals surface area contributed by atoms with E-state index >= 15 is 0 Å². The molecule has 0 fully saturated rings. The molecule has 0 saturated heterocycles. The van der Waals surface area contributed by atoms with Crippen LogP contribution >= 0.6 is 0 Å². The van der Waals surface area contributed by atoms with Crippen molar-refractivity contribution in [3.8, 4) is 0 Å². The minimum Gasteiger partial charge on any atom is -0.467 e. The van der Waals surface area contributed by atoms with E-state index < -0.39 is 41.0 Å². The molecule has 0 aliphatic carbocycles. The number of rotatable bonds is 6. The van der Waals surface area contributed by atoms with Crippen LogP contribution in [-0.2, 0) is 25.5 Å². The van der Waals surface area contributed by atoms with Crippen LogP contribution < -0.4 is 10.6 Å². The van der Waals surface area contributed by atoms with E-state index in [1.54, 1.807) is 0 Å². The number of carbonyl (C=O) groups is 3. The van der Waals surface area contributed by atoms with Crippen LogP contribution in [0.3, 0.4) is 0 Å². The molecule has 0 aliphatic heterocycles. The van der Waals surface area contributed by atoms with Crippen molar-refractivity contribution in [1.29, 1.82) is 0 Å². The highest BCUT2D eigenvalue weighted by Crippen LogP contribution is 2.09. The zero-order chi connectivity index (χ0) is 18.5. The van der Waals surface area contributed by atoms with Gasteiger partial charge in [0.15, 0.2) is 0 Å². The van der Waals surface area contributed by atoms with Crippen molar-refractivity contribution < 1.29 is 27.9 Å². The summed E-state index contributed by atoms with van der Waals surface area (Å²) in [4.78, 5) is 35.4. The second-order valence-corrected chi connectivity index (χ2v) is 5.85. The lowest BCUT2D eigenvalue weighted by Crippen LogP contribution is -2.56. The zero-order valence-electron chi connectivity index (χ0n) is 13.9. The normalized spacial score (nSPS) is 12.2. The molecule has 0 aromatic heterocycles. The van der Waals surface area contributed by atoms with Gasteiger partial charge in [0, 0.05) is 6.07 Å². The van der Waals surface area contributed by atoms with Crippen LogP contribution in [-0.4, -0.2) is 36.5 Å². The molecule has 2 N–H and O–H groups in total. The number of esters is 1. The van der Waals surface area contributed by atoms with Crippen LogP contribution in [0.4, 0.5) is 8.78 Å². The number of ether oxygens (including phenoxy) is 1. The van der Waals surface area contributed by atoms with E-state index in [1.165, 1.54) is 27.9 Å². The van der Waals surface area contributed by atoms with Crippen LogP contribution in [0.15, 0.2) is 18.2 Å². The van der Waals surface area contributed by atoms with Gasteiger partial charge in [-0.25, -0.2) is 13.6 Å². The van der Waals surface area contributed by atoms with E-state index in [2.05, 4.69) is 15.4 Å². The van der Waals surface area contributed by atoms with Crippen molar-refractivity contribution in [3.63, 3.8) is 0 Å². The topological polar surface area (TPSA) is 84.5 Å². The first-order valence-electron chi connectivity index (χ1n) is 7.20. The van der Waals surface area contributed by atoms with Gasteiger partial charge in [-0.3, -0.25) is 9.59 Å². The van der Waals surface area contributed by atoms with Gasteiger partial charge in [0.2, 0.25) is 11.8 Å². The van der Waals surface area contributed by atoms with E-state index in [-0.39, 0.29) is 12.0 Å². The van der Waals surface area contributed by atoms with Crippen molar-refractivity contribution in [3.05, 3.63) is 35.4 Å². The third-order valence-corrected chi connectivity index (χ3v) is 3.19. The van der Waals surface area contributed by atoms with E-state index in [0.29, 0.717) is 6.07 Å². The average molecular weight is 342 g/mol. The smallest absolute Gasteiger partial charge is 0.330 e. The Bertz CT molecular complexity index is 627. The monoisotopic (exact) mass is 342 g/mol. The molecule has 0 bridgehead atoms. The Morgan fingerprint density at radius 1 is 1.17 bits per heavy atom. The van der Waals surface area contributed by atoms with Gasteiger partial charge >= 0.3 is 5.97 Å². The molecule has 2 amide bonds. The van der Waals surface area contributed by atoms with Gasteiger partial charge in [-0.15, -0.1) is 0 Å². The fourth-order valence-electron chi connectivity index (χ4n) is 1.98. The Hall–Kier alpha value is -2.51. The van der Waals surface area contributed by atoms with Gasteiger partial charge in [0.05, 0.1) is 13.5 Å². The quantitative estimate of drug-likeness (QED) is 0.758. The van der Waals surface area contributed by atoms with Gasteiger partial charge in [-0.1, -0.05) is 0 Å². The summed E-state index contributed by atoms with van der Waals surface area (Å²) in [7, 11) is 1.19. The van der Waals surface area contributed by atoms with Crippen LogP contribution in [0.1, 0.15) is 26.3 Å². The number of hydrogen-bond acceptors (Lipinski definition) is 4. The van der Waals surface area contributed by atoms with Crippen molar-refractivity contribution in [1.82, 2.24) is 10.6 Å². The first-order valence-corrected chi connectivity index (χ1v) is 7.20. The summed E-state index contributed by atoms with van der Waals surface area (Å²) in [5.41, 5.74) is -1.11. The molecule has 1 aromatic carbocycles. The standard InChI is InChI=1S/C16H20F2N2O4/c1-9(14(22)20-16(2,3)15(23)24-4)19-13(21)7-10-5-11(17)8-12(18)6-10/h5-6,8-9H,7H2,1-4H3,(H,19,21)(H,20,22)/t9-/m0/s1. The molecular weight excluding hydrogens is 322 g/mol. The summed E-state index contributed by atoms with van der Waals surface area (Å²) in [6, 6.07) is 1.83. The van der Waals surface area contributed by atoms with Gasteiger partial charge in [-0.05, 0) is 38.5 Å². The molecule has 6 nitrogen and oxygen atoms in total. The molecule has 0 radical (unpaired) electrons. The highest BCUT2D eigenvalue weighted by molar-refractivity contribution is 5.92. The number of nitrogens with one attached hydrogen (secondary N) is 2. The third-order valence-electron chi connectivity index (χ3n) is 3.19. The van der Waals surface area contributed by atoms with Crippen LogP contribution in [0.2, 0.25) is 0 Å². The van der Waals surface area contributed by atoms with Gasteiger partial charge in [0.25, 0.3) is 0 Å². The lowest BCUT2D eigenvalue weighted by Gasteiger charge is -2.25. The molecule has 1 atom stereocenters. The Morgan fingerprint density at radius 3 is 2.21 bits per heavy atom. The number of hydrogen-bond donors (Lipinski definition) is 2. The molecular formula is C16H20F2N2O4. The number of halogens is 2. The van der Waals surface area contributed by atoms with E-state index in [0.717, 1.165) is 12.1 Å².